The predicted molar refractivity (Wildman–Crippen MR) is 81.8 cm³/mol. The van der Waals surface area contributed by atoms with E-state index in [-0.39, 0.29) is 42.6 Å². The molecule has 0 aromatic heterocycles. The average Bonchev–Trinajstić information content (AvgIpc) is 2.34. The Labute approximate surface area is 147 Å². The largest absolute Gasteiger partial charge is 0.295 e. The molecule has 0 bridgehead atoms. The average molecular weight is 312 g/mol. The normalized spacial score (nSPS) is 11.5. The summed E-state index contributed by atoms with van der Waals surface area (Å²) < 4.78 is 32.5. The van der Waals surface area contributed by atoms with Crippen LogP contribution in [0.1, 0.15) is 5.56 Å². The first-order valence-electron chi connectivity index (χ1n) is 5.86. The van der Waals surface area contributed by atoms with Crippen LogP contribution in [0.25, 0.3) is 21.5 Å². The van der Waals surface area contributed by atoms with Crippen LogP contribution in [0.4, 0.5) is 0 Å². The minimum Gasteiger partial charge on any atom is -0.282 e. The van der Waals surface area contributed by atoms with Crippen molar-refractivity contribution in [2.24, 2.45) is 0 Å². The fourth-order valence-electron chi connectivity index (χ4n) is 2.44. The number of hydrogen-bond donors (Lipinski definition) is 1. The van der Waals surface area contributed by atoms with Gasteiger partial charge in [-0.3, -0.25) is 4.55 Å². The van der Waals surface area contributed by atoms with Crippen molar-refractivity contribution in [2.75, 3.05) is 0 Å². The van der Waals surface area contributed by atoms with E-state index in [1.807, 2.05) is 36.4 Å². The molecule has 1 N–H and O–H groups in total. The van der Waals surface area contributed by atoms with Gasteiger partial charge in [-0.25, -0.2) is 0 Å². The van der Waals surface area contributed by atoms with Crippen molar-refractivity contribution in [1.82, 2.24) is 0 Å². The first kappa shape index (κ1) is 15.7. The Morgan fingerprint density at radius 1 is 0.900 bits per heavy atom. The van der Waals surface area contributed by atoms with Gasteiger partial charge in [0.2, 0.25) is 0 Å². The molecule has 0 aliphatic carbocycles. The Hall–Kier alpha value is -0.650. The molecule has 0 unspecified atom stereocenters. The van der Waals surface area contributed by atoms with Crippen LogP contribution >= 0.6 is 0 Å². The molecule has 2 radical (unpaired) electrons. The van der Waals surface area contributed by atoms with Crippen LogP contribution in [0.15, 0.2) is 53.4 Å². The smallest absolute Gasteiger partial charge is 0.282 e. The molecule has 0 amide bonds. The van der Waals surface area contributed by atoms with Gasteiger partial charge < -0.3 is 0 Å². The van der Waals surface area contributed by atoms with Crippen LogP contribution in [0.3, 0.4) is 0 Å². The third-order valence-corrected chi connectivity index (χ3v) is 4.35. The van der Waals surface area contributed by atoms with Gasteiger partial charge in [0.05, 0.1) is 0 Å². The molecule has 0 spiro atoms. The number of rotatable bonds is 1. The molecule has 0 fully saturated rings. The minimum absolute atomic E-state index is 0. The maximum absolute atomic E-state index is 11.6. The molecular formula is C15H12CaO3S. The van der Waals surface area contributed by atoms with Gasteiger partial charge in [0.1, 0.15) is 4.90 Å². The maximum atomic E-state index is 11.6. The van der Waals surface area contributed by atoms with Crippen molar-refractivity contribution in [3.63, 3.8) is 0 Å². The Kier molecular flexibility index (Phi) is 4.42. The van der Waals surface area contributed by atoms with E-state index in [0.717, 1.165) is 16.2 Å². The number of hydrogen-bond acceptors (Lipinski definition) is 2. The summed E-state index contributed by atoms with van der Waals surface area (Å²) in [6, 6.07) is 15.0. The standard InChI is InChI=1S/C15H12O3S.Ca/c1-10-6-7-13-8-11-4-2-3-5-12(11)9-14(13)15(10)19(16,17)18;/h2-9H,1H3,(H,16,17,18);. The van der Waals surface area contributed by atoms with E-state index in [9.17, 15) is 13.0 Å². The SMILES string of the molecule is Cc1ccc2cc3ccccc3cc2c1S(=O)(=O)O.[Ca]. The van der Waals surface area contributed by atoms with Gasteiger partial charge in [-0.15, -0.1) is 0 Å². The summed E-state index contributed by atoms with van der Waals surface area (Å²) in [5.41, 5.74) is 0.547. The summed E-state index contributed by atoms with van der Waals surface area (Å²) in [6.45, 7) is 1.68. The molecule has 3 nitrogen and oxygen atoms in total. The Balaban J connectivity index is 0.00000147. The zero-order valence-electron chi connectivity index (χ0n) is 11.0. The van der Waals surface area contributed by atoms with Crippen LogP contribution in [0, 0.1) is 6.92 Å². The Morgan fingerprint density at radius 3 is 2.10 bits per heavy atom. The van der Waals surface area contributed by atoms with E-state index in [0.29, 0.717) is 10.9 Å². The molecule has 20 heavy (non-hydrogen) atoms. The monoisotopic (exact) mass is 312 g/mol. The first-order valence-corrected chi connectivity index (χ1v) is 7.30. The summed E-state index contributed by atoms with van der Waals surface area (Å²) in [5.74, 6) is 0. The molecular weight excluding hydrogens is 300 g/mol. The quantitative estimate of drug-likeness (QED) is 0.426. The summed E-state index contributed by atoms with van der Waals surface area (Å²) in [5, 5.41) is 3.35. The summed E-state index contributed by atoms with van der Waals surface area (Å²) in [4.78, 5) is -0.00393. The maximum Gasteiger partial charge on any atom is 0.295 e. The van der Waals surface area contributed by atoms with Gasteiger partial charge >= 0.3 is 0 Å². The predicted octanol–water partition coefficient (Wildman–Crippen LogP) is 3.17. The number of fused-ring (bicyclic) bond motifs is 2. The van der Waals surface area contributed by atoms with Crippen molar-refractivity contribution in [1.29, 1.82) is 0 Å². The molecule has 3 aromatic rings. The van der Waals surface area contributed by atoms with Crippen LogP contribution in [0.2, 0.25) is 0 Å². The van der Waals surface area contributed by atoms with E-state index in [1.54, 1.807) is 19.1 Å². The zero-order valence-corrected chi connectivity index (χ0v) is 14.0. The van der Waals surface area contributed by atoms with E-state index in [4.69, 9.17) is 0 Å². The minimum atomic E-state index is -4.23. The molecule has 5 heteroatoms. The van der Waals surface area contributed by atoms with Crippen molar-refractivity contribution in [3.8, 4) is 0 Å². The van der Waals surface area contributed by atoms with Crippen LogP contribution in [-0.2, 0) is 10.1 Å². The van der Waals surface area contributed by atoms with E-state index in [2.05, 4.69) is 0 Å². The Bertz CT molecular complexity index is 902. The van der Waals surface area contributed by atoms with E-state index in [1.165, 1.54) is 0 Å². The molecule has 3 aromatic carbocycles. The molecule has 0 saturated carbocycles. The van der Waals surface area contributed by atoms with Gasteiger partial charge in [-0.1, -0.05) is 36.4 Å². The molecule has 0 aliphatic rings. The summed E-state index contributed by atoms with van der Waals surface area (Å²) in [6.07, 6.45) is 0. The fraction of sp³-hybridized carbons (Fsp3) is 0.0667. The van der Waals surface area contributed by atoms with Crippen LogP contribution in [0.5, 0.6) is 0 Å². The number of aryl methyl sites for hydroxylation is 1. The van der Waals surface area contributed by atoms with E-state index < -0.39 is 10.1 Å². The van der Waals surface area contributed by atoms with Crippen molar-refractivity contribution >= 4 is 69.4 Å². The molecule has 0 atom stereocenters. The van der Waals surface area contributed by atoms with Gasteiger partial charge in [-0.2, -0.15) is 8.42 Å². The third kappa shape index (κ3) is 2.71. The van der Waals surface area contributed by atoms with E-state index >= 15 is 0 Å². The third-order valence-electron chi connectivity index (χ3n) is 3.29. The second kappa shape index (κ2) is 5.62. The second-order valence-electron chi connectivity index (χ2n) is 4.61. The van der Waals surface area contributed by atoms with Crippen LogP contribution in [-0.4, -0.2) is 50.7 Å². The molecule has 0 heterocycles. The topological polar surface area (TPSA) is 54.4 Å². The summed E-state index contributed by atoms with van der Waals surface area (Å²) in [7, 11) is -4.23. The number of benzene rings is 3. The molecule has 0 aliphatic heterocycles. The van der Waals surface area contributed by atoms with Crippen LogP contribution < -0.4 is 0 Å². The van der Waals surface area contributed by atoms with Crippen molar-refractivity contribution in [3.05, 3.63) is 54.1 Å². The first-order chi connectivity index (χ1) is 8.97. The zero-order chi connectivity index (χ0) is 13.6. The van der Waals surface area contributed by atoms with Gasteiger partial charge in [0, 0.05) is 43.1 Å². The van der Waals surface area contributed by atoms with Crippen molar-refractivity contribution < 1.29 is 13.0 Å². The molecule has 0 saturated heterocycles. The Morgan fingerprint density at radius 2 is 1.50 bits per heavy atom. The molecule has 98 valence electrons. The summed E-state index contributed by atoms with van der Waals surface area (Å²) >= 11 is 0. The van der Waals surface area contributed by atoms with Gasteiger partial charge in [-0.05, 0) is 40.8 Å². The van der Waals surface area contributed by atoms with Crippen molar-refractivity contribution in [2.45, 2.75) is 11.8 Å². The molecule has 3 rings (SSSR count). The fourth-order valence-corrected chi connectivity index (χ4v) is 3.37. The van der Waals surface area contributed by atoms with Gasteiger partial charge in [0.15, 0.2) is 0 Å². The van der Waals surface area contributed by atoms with Gasteiger partial charge in [0.25, 0.3) is 10.1 Å². The second-order valence-corrected chi connectivity index (χ2v) is 5.97.